The summed E-state index contributed by atoms with van der Waals surface area (Å²) in [6, 6.07) is 30.6. The Morgan fingerprint density at radius 3 is 1.81 bits per heavy atom. The molecule has 1 heterocycles. The minimum Gasteiger partial charge on any atom is -0.466 e. The van der Waals surface area contributed by atoms with E-state index in [1.807, 2.05) is 65.4 Å². The lowest BCUT2D eigenvalue weighted by Gasteiger charge is -2.37. The molecule has 1 aromatic heterocycles. The highest BCUT2D eigenvalue weighted by Crippen LogP contribution is 2.41. The van der Waals surface area contributed by atoms with Crippen molar-refractivity contribution >= 4 is 5.97 Å². The molecule has 5 nitrogen and oxygen atoms in total. The molecule has 0 aliphatic rings. The van der Waals surface area contributed by atoms with Crippen LogP contribution >= 0.6 is 0 Å². The van der Waals surface area contributed by atoms with Gasteiger partial charge in [-0.1, -0.05) is 91.0 Å². The molecule has 0 saturated carbocycles. The van der Waals surface area contributed by atoms with E-state index >= 15 is 0 Å². The number of aliphatic hydroxyl groups excluding tert-OH is 1. The summed E-state index contributed by atoms with van der Waals surface area (Å²) in [7, 11) is 0. The average Bonchev–Trinajstić information content (AvgIpc) is 3.33. The summed E-state index contributed by atoms with van der Waals surface area (Å²) in [5.41, 5.74) is 2.88. The van der Waals surface area contributed by atoms with Crippen LogP contribution < -0.4 is 0 Å². The Labute approximate surface area is 188 Å². The Morgan fingerprint density at radius 2 is 1.38 bits per heavy atom. The summed E-state index contributed by atoms with van der Waals surface area (Å²) >= 11 is 0. The highest BCUT2D eigenvalue weighted by molar-refractivity contribution is 5.70. The Bertz CT molecular complexity index is 1040. The number of hydrogen-bond acceptors (Lipinski definition) is 4. The van der Waals surface area contributed by atoms with Gasteiger partial charge in [-0.2, -0.15) is 0 Å². The minimum atomic E-state index is -1.05. The summed E-state index contributed by atoms with van der Waals surface area (Å²) < 4.78 is 6.99. The standard InChI is InChI=1S/C27H26N2O3/c1-2-32-26(31)18-25(30)24-19-29(20-28-24)27(21-12-6-3-7-13-21,22-14-8-4-9-15-22)23-16-10-5-11-17-23/h3-17,19-20,25,30H,2,18H2,1H3/t25-/m1/s1. The molecule has 0 spiro atoms. The van der Waals surface area contributed by atoms with E-state index in [9.17, 15) is 9.90 Å². The van der Waals surface area contributed by atoms with Crippen LogP contribution in [-0.2, 0) is 15.1 Å². The molecule has 0 saturated heterocycles. The molecule has 1 atom stereocenters. The Morgan fingerprint density at radius 1 is 0.906 bits per heavy atom. The van der Waals surface area contributed by atoms with Crippen LogP contribution in [0.2, 0.25) is 0 Å². The highest BCUT2D eigenvalue weighted by atomic mass is 16.5. The van der Waals surface area contributed by atoms with Crippen molar-refractivity contribution in [3.8, 4) is 0 Å². The second-order valence-corrected chi connectivity index (χ2v) is 7.54. The van der Waals surface area contributed by atoms with E-state index in [-0.39, 0.29) is 13.0 Å². The van der Waals surface area contributed by atoms with E-state index in [0.29, 0.717) is 5.69 Å². The fourth-order valence-corrected chi connectivity index (χ4v) is 4.16. The van der Waals surface area contributed by atoms with Crippen molar-refractivity contribution in [2.75, 3.05) is 6.61 Å². The summed E-state index contributed by atoms with van der Waals surface area (Å²) in [6.07, 6.45) is 2.35. The van der Waals surface area contributed by atoms with Gasteiger partial charge in [-0.15, -0.1) is 0 Å². The largest absolute Gasteiger partial charge is 0.466 e. The van der Waals surface area contributed by atoms with Crippen LogP contribution in [0.15, 0.2) is 104 Å². The number of benzene rings is 3. The lowest BCUT2D eigenvalue weighted by molar-refractivity contribution is -0.145. The number of hydrogen-bond donors (Lipinski definition) is 1. The van der Waals surface area contributed by atoms with Gasteiger partial charge in [-0.25, -0.2) is 4.98 Å². The maximum Gasteiger partial charge on any atom is 0.308 e. The molecule has 3 aromatic carbocycles. The Kier molecular flexibility index (Phi) is 6.47. The minimum absolute atomic E-state index is 0.139. The van der Waals surface area contributed by atoms with Crippen LogP contribution in [0.1, 0.15) is 41.8 Å². The molecule has 1 N–H and O–H groups in total. The first-order valence-electron chi connectivity index (χ1n) is 10.7. The molecule has 0 fully saturated rings. The molecular weight excluding hydrogens is 400 g/mol. The smallest absolute Gasteiger partial charge is 0.308 e. The maximum absolute atomic E-state index is 11.9. The van der Waals surface area contributed by atoms with Gasteiger partial charge >= 0.3 is 5.97 Å². The normalized spacial score (nSPS) is 12.3. The first-order valence-corrected chi connectivity index (χ1v) is 10.7. The fourth-order valence-electron chi connectivity index (χ4n) is 4.16. The summed E-state index contributed by atoms with van der Waals surface area (Å²) in [5, 5.41) is 10.6. The van der Waals surface area contributed by atoms with Gasteiger partial charge in [-0.3, -0.25) is 4.79 Å². The average molecular weight is 427 g/mol. The molecule has 0 bridgehead atoms. The predicted molar refractivity (Wildman–Crippen MR) is 123 cm³/mol. The van der Waals surface area contributed by atoms with Crippen LogP contribution in [0.3, 0.4) is 0 Å². The van der Waals surface area contributed by atoms with Crippen molar-refractivity contribution in [2.45, 2.75) is 25.0 Å². The lowest BCUT2D eigenvalue weighted by atomic mass is 9.77. The molecule has 0 amide bonds. The number of aromatic nitrogens is 2. The number of imidazole rings is 1. The third-order valence-electron chi connectivity index (χ3n) is 5.57. The van der Waals surface area contributed by atoms with E-state index in [1.165, 1.54) is 0 Å². The molecule has 0 aliphatic carbocycles. The number of nitrogens with zero attached hydrogens (tertiary/aromatic N) is 2. The molecule has 0 unspecified atom stereocenters. The van der Waals surface area contributed by atoms with E-state index < -0.39 is 17.6 Å². The number of aliphatic hydroxyl groups is 1. The third-order valence-corrected chi connectivity index (χ3v) is 5.57. The number of ether oxygens (including phenoxy) is 1. The van der Waals surface area contributed by atoms with Gasteiger partial charge in [0.15, 0.2) is 0 Å². The van der Waals surface area contributed by atoms with Gasteiger partial charge in [0, 0.05) is 6.20 Å². The van der Waals surface area contributed by atoms with Gasteiger partial charge in [-0.05, 0) is 23.6 Å². The van der Waals surface area contributed by atoms with Crippen LogP contribution in [-0.4, -0.2) is 27.2 Å². The maximum atomic E-state index is 11.9. The van der Waals surface area contributed by atoms with Gasteiger partial charge in [0.05, 0.1) is 25.0 Å². The second-order valence-electron chi connectivity index (χ2n) is 7.54. The molecular formula is C27H26N2O3. The Balaban J connectivity index is 1.90. The zero-order valence-electron chi connectivity index (χ0n) is 18.0. The second kappa shape index (κ2) is 9.62. The zero-order valence-corrected chi connectivity index (χ0v) is 18.0. The Hall–Kier alpha value is -3.70. The van der Waals surface area contributed by atoms with Crippen LogP contribution in [0, 0.1) is 0 Å². The summed E-state index contributed by atoms with van der Waals surface area (Å²) in [5.74, 6) is -0.449. The van der Waals surface area contributed by atoms with Crippen molar-refractivity contribution in [1.82, 2.24) is 9.55 Å². The summed E-state index contributed by atoms with van der Waals surface area (Å²) in [4.78, 5) is 16.4. The number of carbonyl (C=O) groups is 1. The third kappa shape index (κ3) is 4.07. The van der Waals surface area contributed by atoms with Crippen molar-refractivity contribution in [3.05, 3.63) is 126 Å². The predicted octanol–water partition coefficient (Wildman–Crippen LogP) is 4.71. The zero-order chi connectivity index (χ0) is 22.4. The van der Waals surface area contributed by atoms with E-state index in [2.05, 4.69) is 41.4 Å². The number of rotatable bonds is 8. The molecule has 4 rings (SSSR count). The molecule has 0 aliphatic heterocycles. The molecule has 32 heavy (non-hydrogen) atoms. The van der Waals surface area contributed by atoms with Crippen molar-refractivity contribution in [2.24, 2.45) is 0 Å². The topological polar surface area (TPSA) is 64.3 Å². The number of esters is 1. The quantitative estimate of drug-likeness (QED) is 0.327. The van der Waals surface area contributed by atoms with Crippen molar-refractivity contribution in [3.63, 3.8) is 0 Å². The summed E-state index contributed by atoms with van der Waals surface area (Å²) in [6.45, 7) is 2.02. The van der Waals surface area contributed by atoms with Crippen molar-refractivity contribution < 1.29 is 14.6 Å². The number of carbonyl (C=O) groups excluding carboxylic acids is 1. The molecule has 0 radical (unpaired) electrons. The first kappa shape index (κ1) is 21.5. The van der Waals surface area contributed by atoms with Crippen LogP contribution in [0.5, 0.6) is 0 Å². The van der Waals surface area contributed by atoms with Crippen LogP contribution in [0.4, 0.5) is 0 Å². The molecule has 4 aromatic rings. The first-order chi connectivity index (χ1) is 15.7. The van der Waals surface area contributed by atoms with Crippen LogP contribution in [0.25, 0.3) is 0 Å². The van der Waals surface area contributed by atoms with Gasteiger partial charge in [0.25, 0.3) is 0 Å². The highest BCUT2D eigenvalue weighted by Gasteiger charge is 2.38. The lowest BCUT2D eigenvalue weighted by Crippen LogP contribution is -2.37. The monoisotopic (exact) mass is 426 g/mol. The molecule has 5 heteroatoms. The SMILES string of the molecule is CCOC(=O)C[C@@H](O)c1cn(C(c2ccccc2)(c2ccccc2)c2ccccc2)cn1. The van der Waals surface area contributed by atoms with Gasteiger partial charge < -0.3 is 14.4 Å². The van der Waals surface area contributed by atoms with Crippen molar-refractivity contribution in [1.29, 1.82) is 0 Å². The van der Waals surface area contributed by atoms with E-state index in [1.54, 1.807) is 13.3 Å². The molecule has 162 valence electrons. The van der Waals surface area contributed by atoms with E-state index in [0.717, 1.165) is 16.7 Å². The van der Waals surface area contributed by atoms with Gasteiger partial charge in [0.1, 0.15) is 11.6 Å². The van der Waals surface area contributed by atoms with Gasteiger partial charge in [0.2, 0.25) is 0 Å². The fraction of sp³-hybridized carbons (Fsp3) is 0.185. The van der Waals surface area contributed by atoms with E-state index in [4.69, 9.17) is 4.74 Å².